The molecule has 1 fully saturated rings. The lowest BCUT2D eigenvalue weighted by molar-refractivity contribution is 0.193. The number of aromatic nitrogens is 2. The molecule has 1 atom stereocenters. The normalized spacial score (nSPS) is 19.3. The van der Waals surface area contributed by atoms with Gasteiger partial charge in [0.25, 0.3) is 5.56 Å². The SMILES string of the molecule is CCC(C)N1CCN(c2cn[nH]c(=O)c2)CC1. The molecule has 0 bridgehead atoms. The molecule has 5 heteroatoms. The third-order valence-corrected chi connectivity index (χ3v) is 3.54. The van der Waals surface area contributed by atoms with Crippen LogP contribution in [0, 0.1) is 0 Å². The minimum absolute atomic E-state index is 0.133. The topological polar surface area (TPSA) is 52.2 Å². The van der Waals surface area contributed by atoms with E-state index in [0.29, 0.717) is 6.04 Å². The van der Waals surface area contributed by atoms with E-state index < -0.39 is 0 Å². The van der Waals surface area contributed by atoms with Gasteiger partial charge in [0.15, 0.2) is 0 Å². The van der Waals surface area contributed by atoms with Crippen molar-refractivity contribution in [1.82, 2.24) is 15.1 Å². The molecule has 5 nitrogen and oxygen atoms in total. The Morgan fingerprint density at radius 3 is 2.71 bits per heavy atom. The summed E-state index contributed by atoms with van der Waals surface area (Å²) in [6.45, 7) is 8.54. The van der Waals surface area contributed by atoms with Crippen molar-refractivity contribution in [2.24, 2.45) is 0 Å². The molecule has 1 N–H and O–H groups in total. The van der Waals surface area contributed by atoms with Crippen molar-refractivity contribution >= 4 is 5.69 Å². The molecule has 0 spiro atoms. The van der Waals surface area contributed by atoms with Gasteiger partial charge in [-0.1, -0.05) is 6.92 Å². The van der Waals surface area contributed by atoms with E-state index >= 15 is 0 Å². The fraction of sp³-hybridized carbons (Fsp3) is 0.667. The lowest BCUT2D eigenvalue weighted by Gasteiger charge is -2.38. The lowest BCUT2D eigenvalue weighted by atomic mass is 10.2. The predicted molar refractivity (Wildman–Crippen MR) is 68.4 cm³/mol. The molecule has 1 unspecified atom stereocenters. The molecule has 2 rings (SSSR count). The van der Waals surface area contributed by atoms with Crippen LogP contribution in [0.15, 0.2) is 17.1 Å². The molecule has 0 aliphatic carbocycles. The Kier molecular flexibility index (Phi) is 3.78. The van der Waals surface area contributed by atoms with E-state index in [1.165, 1.54) is 6.42 Å². The summed E-state index contributed by atoms with van der Waals surface area (Å²) in [5, 5.41) is 6.24. The van der Waals surface area contributed by atoms with Crippen molar-refractivity contribution in [2.75, 3.05) is 31.1 Å². The summed E-state index contributed by atoms with van der Waals surface area (Å²) < 4.78 is 0. The van der Waals surface area contributed by atoms with Crippen LogP contribution in [0.25, 0.3) is 0 Å². The first kappa shape index (κ1) is 12.1. The minimum atomic E-state index is -0.133. The van der Waals surface area contributed by atoms with Gasteiger partial charge in [-0.3, -0.25) is 9.69 Å². The standard InChI is InChI=1S/C12H20N4O/c1-3-10(2)15-4-6-16(7-5-15)11-8-12(17)14-13-9-11/h8-10H,3-7H2,1-2H3,(H,14,17). The summed E-state index contributed by atoms with van der Waals surface area (Å²) in [6, 6.07) is 2.26. The zero-order chi connectivity index (χ0) is 12.3. The van der Waals surface area contributed by atoms with E-state index in [4.69, 9.17) is 0 Å². The number of anilines is 1. The van der Waals surface area contributed by atoms with Crippen LogP contribution in [0.5, 0.6) is 0 Å². The van der Waals surface area contributed by atoms with Crippen molar-refractivity contribution in [3.05, 3.63) is 22.6 Å². The molecule has 2 heterocycles. The summed E-state index contributed by atoms with van der Waals surface area (Å²) >= 11 is 0. The third kappa shape index (κ3) is 2.85. The maximum absolute atomic E-state index is 11.2. The summed E-state index contributed by atoms with van der Waals surface area (Å²) in [5.74, 6) is 0. The number of piperazine rings is 1. The average Bonchev–Trinajstić information content (AvgIpc) is 2.38. The minimum Gasteiger partial charge on any atom is -0.368 e. The molecule has 0 saturated carbocycles. The van der Waals surface area contributed by atoms with Crippen LogP contribution in [0.3, 0.4) is 0 Å². The zero-order valence-electron chi connectivity index (χ0n) is 10.5. The molecule has 0 aromatic carbocycles. The first-order chi connectivity index (χ1) is 8.20. The van der Waals surface area contributed by atoms with Gasteiger partial charge >= 0.3 is 0 Å². The molecule has 1 aromatic rings. The van der Waals surface area contributed by atoms with E-state index in [1.54, 1.807) is 12.3 Å². The number of hydrogen-bond donors (Lipinski definition) is 1. The fourth-order valence-electron chi connectivity index (χ4n) is 2.22. The number of rotatable bonds is 3. The van der Waals surface area contributed by atoms with Crippen molar-refractivity contribution in [1.29, 1.82) is 0 Å². The van der Waals surface area contributed by atoms with Crippen LogP contribution in [0.2, 0.25) is 0 Å². The molecule has 1 aromatic heterocycles. The van der Waals surface area contributed by atoms with Crippen LogP contribution in [-0.4, -0.2) is 47.3 Å². The molecule has 94 valence electrons. The maximum Gasteiger partial charge on any atom is 0.266 e. The quantitative estimate of drug-likeness (QED) is 0.839. The van der Waals surface area contributed by atoms with Gasteiger partial charge in [0.2, 0.25) is 0 Å². The van der Waals surface area contributed by atoms with Gasteiger partial charge in [-0.2, -0.15) is 5.10 Å². The Morgan fingerprint density at radius 1 is 1.41 bits per heavy atom. The highest BCUT2D eigenvalue weighted by molar-refractivity contribution is 5.43. The van der Waals surface area contributed by atoms with Crippen LogP contribution in [0.4, 0.5) is 5.69 Å². The highest BCUT2D eigenvalue weighted by atomic mass is 16.1. The molecule has 1 aliphatic rings. The van der Waals surface area contributed by atoms with E-state index in [9.17, 15) is 4.79 Å². The van der Waals surface area contributed by atoms with Crippen molar-refractivity contribution < 1.29 is 0 Å². The van der Waals surface area contributed by atoms with Gasteiger partial charge in [0, 0.05) is 38.3 Å². The van der Waals surface area contributed by atoms with E-state index in [-0.39, 0.29) is 5.56 Å². The Hall–Kier alpha value is -1.36. The molecular formula is C12H20N4O. The van der Waals surface area contributed by atoms with Gasteiger partial charge in [-0.15, -0.1) is 0 Å². The summed E-state index contributed by atoms with van der Waals surface area (Å²) in [5.41, 5.74) is 0.796. The highest BCUT2D eigenvalue weighted by Crippen LogP contribution is 2.14. The molecule has 0 radical (unpaired) electrons. The summed E-state index contributed by atoms with van der Waals surface area (Å²) in [6.07, 6.45) is 2.91. The summed E-state index contributed by atoms with van der Waals surface area (Å²) in [4.78, 5) is 15.9. The zero-order valence-corrected chi connectivity index (χ0v) is 10.5. The van der Waals surface area contributed by atoms with E-state index in [0.717, 1.165) is 31.9 Å². The number of hydrogen-bond acceptors (Lipinski definition) is 4. The largest absolute Gasteiger partial charge is 0.368 e. The van der Waals surface area contributed by atoms with E-state index in [1.807, 2.05) is 0 Å². The summed E-state index contributed by atoms with van der Waals surface area (Å²) in [7, 11) is 0. The van der Waals surface area contributed by atoms with E-state index in [2.05, 4.69) is 33.8 Å². The Bertz CT molecular complexity index is 409. The van der Waals surface area contributed by atoms with Crippen LogP contribution in [0.1, 0.15) is 20.3 Å². The maximum atomic E-state index is 11.2. The van der Waals surface area contributed by atoms with Gasteiger partial charge in [-0.25, -0.2) is 5.10 Å². The number of nitrogens with zero attached hydrogens (tertiary/aromatic N) is 3. The predicted octanol–water partition coefficient (Wildman–Crippen LogP) is 0.690. The van der Waals surface area contributed by atoms with Gasteiger partial charge in [0.05, 0.1) is 11.9 Å². The first-order valence-electron chi connectivity index (χ1n) is 6.24. The first-order valence-corrected chi connectivity index (χ1v) is 6.24. The second-order valence-electron chi connectivity index (χ2n) is 4.58. The lowest BCUT2D eigenvalue weighted by Crippen LogP contribution is -2.49. The molecule has 1 aliphatic heterocycles. The number of nitrogens with one attached hydrogen (secondary N) is 1. The van der Waals surface area contributed by atoms with Crippen LogP contribution < -0.4 is 10.5 Å². The molecule has 0 amide bonds. The highest BCUT2D eigenvalue weighted by Gasteiger charge is 2.20. The smallest absolute Gasteiger partial charge is 0.266 e. The second kappa shape index (κ2) is 5.31. The number of H-pyrrole nitrogens is 1. The Morgan fingerprint density at radius 2 is 2.12 bits per heavy atom. The van der Waals surface area contributed by atoms with Gasteiger partial charge in [-0.05, 0) is 13.3 Å². The van der Waals surface area contributed by atoms with Gasteiger partial charge in [0.1, 0.15) is 0 Å². The van der Waals surface area contributed by atoms with Crippen LogP contribution in [-0.2, 0) is 0 Å². The van der Waals surface area contributed by atoms with Crippen molar-refractivity contribution in [3.8, 4) is 0 Å². The third-order valence-electron chi connectivity index (χ3n) is 3.54. The number of aromatic amines is 1. The average molecular weight is 236 g/mol. The molecule has 17 heavy (non-hydrogen) atoms. The van der Waals surface area contributed by atoms with Gasteiger partial charge < -0.3 is 4.90 Å². The van der Waals surface area contributed by atoms with Crippen molar-refractivity contribution in [2.45, 2.75) is 26.3 Å². The second-order valence-corrected chi connectivity index (χ2v) is 4.58. The molecular weight excluding hydrogens is 216 g/mol. The Balaban J connectivity index is 1.97. The molecule has 1 saturated heterocycles. The van der Waals surface area contributed by atoms with Crippen LogP contribution >= 0.6 is 0 Å². The monoisotopic (exact) mass is 236 g/mol. The fourth-order valence-corrected chi connectivity index (χ4v) is 2.22. The van der Waals surface area contributed by atoms with Crippen molar-refractivity contribution in [3.63, 3.8) is 0 Å². The Labute approximate surface area is 101 Å².